The lowest BCUT2D eigenvalue weighted by molar-refractivity contribution is -0.134. The number of hydrogen-bond acceptors (Lipinski definition) is 4. The van der Waals surface area contributed by atoms with E-state index in [0.29, 0.717) is 12.5 Å². The van der Waals surface area contributed by atoms with E-state index in [1.54, 1.807) is 0 Å². The van der Waals surface area contributed by atoms with E-state index in [0.717, 1.165) is 38.8 Å². The van der Waals surface area contributed by atoms with Gasteiger partial charge in [-0.2, -0.15) is 0 Å². The second-order valence-electron chi connectivity index (χ2n) is 10.7. The molecule has 164 valence electrons. The van der Waals surface area contributed by atoms with Crippen molar-refractivity contribution < 1.29 is 13.2 Å². The van der Waals surface area contributed by atoms with Crippen LogP contribution in [0.15, 0.2) is 30.3 Å². The molecule has 0 radical (unpaired) electrons. The van der Waals surface area contributed by atoms with Gasteiger partial charge in [-0.1, -0.05) is 57.5 Å². The van der Waals surface area contributed by atoms with Gasteiger partial charge in [0, 0.05) is 25.0 Å². The predicted molar refractivity (Wildman–Crippen MR) is 117 cm³/mol. The highest BCUT2D eigenvalue weighted by molar-refractivity contribution is 7.90. The molecule has 1 amide bonds. The van der Waals surface area contributed by atoms with Crippen LogP contribution in [0, 0.1) is 28.6 Å². The minimum atomic E-state index is -3.54. The molecule has 2 saturated heterocycles. The van der Waals surface area contributed by atoms with Crippen molar-refractivity contribution in [3.8, 4) is 0 Å². The lowest BCUT2D eigenvalue weighted by Gasteiger charge is -2.37. The zero-order chi connectivity index (χ0) is 21.3. The maximum absolute atomic E-state index is 13.8. The minimum Gasteiger partial charge on any atom is -0.298 e. The van der Waals surface area contributed by atoms with E-state index in [1.165, 1.54) is 9.87 Å². The van der Waals surface area contributed by atoms with Crippen LogP contribution in [-0.2, 0) is 21.4 Å². The van der Waals surface area contributed by atoms with Gasteiger partial charge in [-0.25, -0.2) is 12.7 Å². The lowest BCUT2D eigenvalue weighted by atomic mass is 9.69. The maximum Gasteiger partial charge on any atom is 0.241 e. The van der Waals surface area contributed by atoms with Crippen molar-refractivity contribution in [1.29, 1.82) is 0 Å². The molecule has 1 aromatic rings. The molecule has 1 unspecified atom stereocenters. The molecule has 2 heterocycles. The fraction of sp³-hybridized carbons (Fsp3) is 0.708. The summed E-state index contributed by atoms with van der Waals surface area (Å²) in [7, 11) is -3.54. The fourth-order valence-electron chi connectivity index (χ4n) is 7.37. The Morgan fingerprint density at radius 1 is 1.17 bits per heavy atom. The molecule has 1 spiro atoms. The van der Waals surface area contributed by atoms with Crippen molar-refractivity contribution in [1.82, 2.24) is 9.21 Å². The van der Waals surface area contributed by atoms with Crippen molar-refractivity contribution in [2.75, 3.05) is 18.8 Å². The third-order valence-electron chi connectivity index (χ3n) is 9.24. The van der Waals surface area contributed by atoms with Crippen LogP contribution in [0.25, 0.3) is 0 Å². The predicted octanol–water partition coefficient (Wildman–Crippen LogP) is 3.51. The van der Waals surface area contributed by atoms with Crippen LogP contribution in [0.5, 0.6) is 0 Å². The van der Waals surface area contributed by atoms with Crippen LogP contribution in [0.1, 0.15) is 52.0 Å². The number of benzene rings is 1. The van der Waals surface area contributed by atoms with Crippen molar-refractivity contribution in [2.45, 2.75) is 59.0 Å². The highest BCUT2D eigenvalue weighted by Gasteiger charge is 2.72. The van der Waals surface area contributed by atoms with E-state index in [9.17, 15) is 13.2 Å². The summed E-state index contributed by atoms with van der Waals surface area (Å²) in [6, 6.07) is 10.2. The summed E-state index contributed by atoms with van der Waals surface area (Å²) in [5.74, 6) is 0.582. The number of sulfonamides is 1. The topological polar surface area (TPSA) is 57.7 Å². The monoisotopic (exact) mass is 430 g/mol. The SMILES string of the molecule is CC[C@@H]1CN(Cc2ccccc2)C[C@@H]1C(=O)N1[C@H]2CC3CC[C@@]2(CS1(=O)=O)C3(C)C. The molecule has 2 bridgehead atoms. The van der Waals surface area contributed by atoms with Crippen LogP contribution in [0.4, 0.5) is 0 Å². The van der Waals surface area contributed by atoms with Gasteiger partial charge in [0.2, 0.25) is 15.9 Å². The molecule has 6 heteroatoms. The van der Waals surface area contributed by atoms with E-state index in [1.807, 2.05) is 18.2 Å². The van der Waals surface area contributed by atoms with Crippen LogP contribution in [0.2, 0.25) is 0 Å². The quantitative estimate of drug-likeness (QED) is 0.733. The molecule has 5 atom stereocenters. The zero-order valence-electron chi connectivity index (χ0n) is 18.4. The van der Waals surface area contributed by atoms with Gasteiger partial charge in [0.15, 0.2) is 0 Å². The van der Waals surface area contributed by atoms with Crippen molar-refractivity contribution >= 4 is 15.9 Å². The number of hydrogen-bond donors (Lipinski definition) is 0. The molecule has 4 fully saturated rings. The Labute approximate surface area is 180 Å². The molecule has 0 aromatic heterocycles. The standard InChI is InChI=1S/C24H34N2O3S/c1-4-18-14-25(13-17-8-6-5-7-9-17)15-20(18)22(27)26-21-12-19-10-11-24(21,23(19,2)3)16-30(26,28)29/h5-9,18-21H,4,10-16H2,1-3H3/t18-,19?,20+,21+,24+/m1/s1. The first-order valence-electron chi connectivity index (χ1n) is 11.5. The number of fused-ring (bicyclic) bond motifs is 1. The van der Waals surface area contributed by atoms with Gasteiger partial charge < -0.3 is 0 Å². The van der Waals surface area contributed by atoms with Crippen molar-refractivity contribution in [3.05, 3.63) is 35.9 Å². The van der Waals surface area contributed by atoms with E-state index < -0.39 is 10.0 Å². The fourth-order valence-corrected chi connectivity index (χ4v) is 9.95. The van der Waals surface area contributed by atoms with E-state index >= 15 is 0 Å². The van der Waals surface area contributed by atoms with Gasteiger partial charge in [-0.15, -0.1) is 0 Å². The molecule has 0 N–H and O–H groups in total. The first-order valence-corrected chi connectivity index (χ1v) is 13.1. The molecule has 5 nitrogen and oxygen atoms in total. The Morgan fingerprint density at radius 3 is 2.57 bits per heavy atom. The van der Waals surface area contributed by atoms with Crippen LogP contribution >= 0.6 is 0 Å². The van der Waals surface area contributed by atoms with Gasteiger partial charge in [-0.3, -0.25) is 9.69 Å². The third-order valence-corrected chi connectivity index (χ3v) is 11.1. The Balaban J connectivity index is 1.40. The first kappa shape index (κ1) is 20.5. The van der Waals surface area contributed by atoms with Crippen molar-refractivity contribution in [2.24, 2.45) is 28.6 Å². The zero-order valence-corrected chi connectivity index (χ0v) is 19.2. The van der Waals surface area contributed by atoms with Gasteiger partial charge in [-0.05, 0) is 42.1 Å². The molecule has 30 heavy (non-hydrogen) atoms. The van der Waals surface area contributed by atoms with E-state index in [2.05, 4.69) is 37.8 Å². The molecule has 2 aliphatic carbocycles. The average Bonchev–Trinajstić information content (AvgIpc) is 3.34. The Hall–Kier alpha value is -1.40. The van der Waals surface area contributed by atoms with E-state index in [-0.39, 0.29) is 40.4 Å². The van der Waals surface area contributed by atoms with Gasteiger partial charge in [0.25, 0.3) is 0 Å². The van der Waals surface area contributed by atoms with Gasteiger partial charge in [0.05, 0.1) is 17.7 Å². The highest BCUT2D eigenvalue weighted by atomic mass is 32.2. The highest BCUT2D eigenvalue weighted by Crippen LogP contribution is 2.70. The Morgan fingerprint density at radius 2 is 1.90 bits per heavy atom. The van der Waals surface area contributed by atoms with Gasteiger partial charge in [0.1, 0.15) is 0 Å². The summed E-state index contributed by atoms with van der Waals surface area (Å²) in [6.07, 6.45) is 3.81. The number of rotatable bonds is 4. The second kappa shape index (κ2) is 6.80. The summed E-state index contributed by atoms with van der Waals surface area (Å²) in [5, 5.41) is 0. The van der Waals surface area contributed by atoms with Crippen molar-refractivity contribution in [3.63, 3.8) is 0 Å². The summed E-state index contributed by atoms with van der Waals surface area (Å²) < 4.78 is 28.0. The summed E-state index contributed by atoms with van der Waals surface area (Å²) in [4.78, 5) is 16.1. The number of nitrogens with zero attached hydrogens (tertiary/aromatic N) is 2. The summed E-state index contributed by atoms with van der Waals surface area (Å²) >= 11 is 0. The normalized spacial score (nSPS) is 38.8. The van der Waals surface area contributed by atoms with Gasteiger partial charge >= 0.3 is 0 Å². The molecular formula is C24H34N2O3S. The molecule has 5 rings (SSSR count). The Kier molecular flexibility index (Phi) is 4.64. The molecular weight excluding hydrogens is 396 g/mol. The van der Waals surface area contributed by atoms with Crippen LogP contribution < -0.4 is 0 Å². The number of carbonyl (C=O) groups is 1. The largest absolute Gasteiger partial charge is 0.298 e. The van der Waals surface area contributed by atoms with Crippen LogP contribution in [0.3, 0.4) is 0 Å². The minimum absolute atomic E-state index is 0.00105. The lowest BCUT2D eigenvalue weighted by Crippen LogP contribution is -2.47. The number of carbonyl (C=O) groups excluding carboxylic acids is 1. The summed E-state index contributed by atoms with van der Waals surface area (Å²) in [6.45, 7) is 8.93. The molecule has 4 aliphatic rings. The molecule has 2 aliphatic heterocycles. The third kappa shape index (κ3) is 2.75. The Bertz CT molecular complexity index is 944. The average molecular weight is 431 g/mol. The summed E-state index contributed by atoms with van der Waals surface area (Å²) in [5.41, 5.74) is 0.998. The van der Waals surface area contributed by atoms with E-state index in [4.69, 9.17) is 0 Å². The molecule has 1 aromatic carbocycles. The maximum atomic E-state index is 13.8. The number of likely N-dealkylation sites (tertiary alicyclic amines) is 1. The first-order chi connectivity index (χ1) is 14.2. The number of amides is 1. The van der Waals surface area contributed by atoms with Crippen LogP contribution in [-0.4, -0.2) is 48.4 Å². The second-order valence-corrected chi connectivity index (χ2v) is 12.6. The smallest absolute Gasteiger partial charge is 0.241 e. The molecule has 2 saturated carbocycles.